The number of hydrogen-bond donors (Lipinski definition) is 2. The fraction of sp³-hybridized carbons (Fsp3) is 0. The van der Waals surface area contributed by atoms with Crippen LogP contribution in [0.3, 0.4) is 0 Å². The van der Waals surface area contributed by atoms with Crippen molar-refractivity contribution in [2.45, 2.75) is 9.92 Å². The zero-order chi connectivity index (χ0) is 14.8. The van der Waals surface area contributed by atoms with Gasteiger partial charge in [0.2, 0.25) is 0 Å². The van der Waals surface area contributed by atoms with Crippen molar-refractivity contribution in [3.8, 4) is 0 Å². The molecular formula is C16H12ClN3S. The summed E-state index contributed by atoms with van der Waals surface area (Å²) in [5.74, 6) is 0.0682. The van der Waals surface area contributed by atoms with Crippen molar-refractivity contribution in [2.24, 2.45) is 5.73 Å². The van der Waals surface area contributed by atoms with E-state index in [1.165, 1.54) is 11.8 Å². The molecule has 3 nitrogen and oxygen atoms in total. The summed E-state index contributed by atoms with van der Waals surface area (Å²) >= 11 is 7.68. The highest BCUT2D eigenvalue weighted by Crippen LogP contribution is 2.36. The second kappa shape index (κ2) is 5.76. The Labute approximate surface area is 131 Å². The predicted molar refractivity (Wildman–Crippen MR) is 88.3 cm³/mol. The molecular weight excluding hydrogens is 302 g/mol. The van der Waals surface area contributed by atoms with Crippen molar-refractivity contribution < 1.29 is 0 Å². The average Bonchev–Trinajstić information content (AvgIpc) is 2.49. The van der Waals surface area contributed by atoms with E-state index in [1.807, 2.05) is 48.5 Å². The highest BCUT2D eigenvalue weighted by molar-refractivity contribution is 7.99. The molecule has 0 spiro atoms. The fourth-order valence-electron chi connectivity index (χ4n) is 2.15. The predicted octanol–water partition coefficient (Wildman–Crippen LogP) is 4.32. The first-order valence-corrected chi connectivity index (χ1v) is 7.51. The van der Waals surface area contributed by atoms with Gasteiger partial charge < -0.3 is 5.73 Å². The lowest BCUT2D eigenvalue weighted by Crippen LogP contribution is -2.11. The van der Waals surface area contributed by atoms with Crippen LogP contribution in [0.15, 0.2) is 64.6 Å². The van der Waals surface area contributed by atoms with Crippen molar-refractivity contribution in [3.05, 3.63) is 65.3 Å². The maximum atomic E-state index is 7.68. The zero-order valence-electron chi connectivity index (χ0n) is 11.0. The molecule has 0 radical (unpaired) electrons. The van der Waals surface area contributed by atoms with Crippen LogP contribution in [0.5, 0.6) is 0 Å². The van der Waals surface area contributed by atoms with Gasteiger partial charge in [0.25, 0.3) is 0 Å². The van der Waals surface area contributed by atoms with Gasteiger partial charge in [0.05, 0.1) is 5.02 Å². The molecule has 0 amide bonds. The van der Waals surface area contributed by atoms with Crippen molar-refractivity contribution in [2.75, 3.05) is 0 Å². The van der Waals surface area contributed by atoms with Gasteiger partial charge in [-0.1, -0.05) is 47.6 Å². The molecule has 3 rings (SSSR count). The SMILES string of the molecule is N=C(N)c1ccc(Sc2ncccc2Cl)c2ccccc12. The Bertz CT molecular complexity index is 833. The van der Waals surface area contributed by atoms with Crippen molar-refractivity contribution >= 4 is 40.0 Å². The largest absolute Gasteiger partial charge is 0.384 e. The van der Waals surface area contributed by atoms with Gasteiger partial charge in [0.15, 0.2) is 0 Å². The molecule has 0 unspecified atom stereocenters. The summed E-state index contributed by atoms with van der Waals surface area (Å²) in [6, 6.07) is 15.3. The number of nitrogens with one attached hydrogen (secondary N) is 1. The van der Waals surface area contributed by atoms with Gasteiger partial charge >= 0.3 is 0 Å². The van der Waals surface area contributed by atoms with Gasteiger partial charge in [-0.25, -0.2) is 4.98 Å². The fourth-order valence-corrected chi connectivity index (χ4v) is 3.29. The Balaban J connectivity index is 2.14. The smallest absolute Gasteiger partial charge is 0.123 e. The van der Waals surface area contributed by atoms with E-state index in [0.717, 1.165) is 26.3 Å². The van der Waals surface area contributed by atoms with E-state index in [-0.39, 0.29) is 5.84 Å². The Hall–Kier alpha value is -2.04. The number of halogens is 1. The molecule has 0 atom stereocenters. The molecule has 0 saturated heterocycles. The van der Waals surface area contributed by atoms with Gasteiger partial charge in [-0.15, -0.1) is 0 Å². The molecule has 0 aliphatic rings. The maximum absolute atomic E-state index is 7.68. The van der Waals surface area contributed by atoms with E-state index < -0.39 is 0 Å². The van der Waals surface area contributed by atoms with Gasteiger partial charge in [0, 0.05) is 16.7 Å². The quantitative estimate of drug-likeness (QED) is 0.559. The van der Waals surface area contributed by atoms with Crippen molar-refractivity contribution in [1.82, 2.24) is 4.98 Å². The second-order valence-electron chi connectivity index (χ2n) is 4.46. The molecule has 1 heterocycles. The monoisotopic (exact) mass is 313 g/mol. The minimum absolute atomic E-state index is 0.0682. The zero-order valence-corrected chi connectivity index (χ0v) is 12.6. The van der Waals surface area contributed by atoms with Crippen LogP contribution < -0.4 is 5.73 Å². The Morgan fingerprint density at radius 2 is 1.81 bits per heavy atom. The first-order valence-electron chi connectivity index (χ1n) is 6.31. The number of nitrogens with two attached hydrogens (primary N) is 1. The van der Waals surface area contributed by atoms with Crippen LogP contribution in [0.4, 0.5) is 0 Å². The number of pyridine rings is 1. The van der Waals surface area contributed by atoms with E-state index >= 15 is 0 Å². The van der Waals surface area contributed by atoms with Gasteiger partial charge in [-0.3, -0.25) is 5.41 Å². The molecule has 21 heavy (non-hydrogen) atoms. The molecule has 5 heteroatoms. The third-order valence-corrected chi connectivity index (χ3v) is 4.62. The van der Waals surface area contributed by atoms with Gasteiger partial charge in [-0.2, -0.15) is 0 Å². The summed E-state index contributed by atoms with van der Waals surface area (Å²) in [5, 5.41) is 11.1. The van der Waals surface area contributed by atoms with E-state index in [9.17, 15) is 0 Å². The lowest BCUT2D eigenvalue weighted by atomic mass is 10.0. The summed E-state index contributed by atoms with van der Waals surface area (Å²) in [5.41, 5.74) is 6.39. The second-order valence-corrected chi connectivity index (χ2v) is 5.90. The molecule has 2 aromatic carbocycles. The number of nitrogens with zero attached hydrogens (tertiary/aromatic N) is 1. The first kappa shape index (κ1) is 13.9. The number of benzene rings is 2. The average molecular weight is 314 g/mol. The number of nitrogen functional groups attached to an aromatic ring is 1. The molecule has 0 aliphatic heterocycles. The lowest BCUT2D eigenvalue weighted by molar-refractivity contribution is 1.13. The van der Waals surface area contributed by atoms with Crippen molar-refractivity contribution in [3.63, 3.8) is 0 Å². The third-order valence-electron chi connectivity index (χ3n) is 3.11. The van der Waals surface area contributed by atoms with Crippen molar-refractivity contribution in [1.29, 1.82) is 5.41 Å². The Morgan fingerprint density at radius 3 is 2.52 bits per heavy atom. The molecule has 0 fully saturated rings. The van der Waals surface area contributed by atoms with Gasteiger partial charge in [-0.05, 0) is 35.0 Å². The molecule has 1 aromatic heterocycles. The molecule has 0 saturated carbocycles. The standard InChI is InChI=1S/C16H12ClN3S/c17-13-6-3-9-20-16(13)21-14-8-7-12(15(18)19)10-4-1-2-5-11(10)14/h1-9H,(H3,18,19). The molecule has 0 bridgehead atoms. The number of hydrogen-bond acceptors (Lipinski definition) is 3. The van der Waals surface area contributed by atoms with E-state index in [1.54, 1.807) is 6.20 Å². The van der Waals surface area contributed by atoms with E-state index in [2.05, 4.69) is 4.98 Å². The van der Waals surface area contributed by atoms with Crippen LogP contribution >= 0.6 is 23.4 Å². The highest BCUT2D eigenvalue weighted by atomic mass is 35.5. The van der Waals surface area contributed by atoms with E-state index in [4.69, 9.17) is 22.7 Å². The number of rotatable bonds is 3. The van der Waals surface area contributed by atoms with Crippen LogP contribution in [0, 0.1) is 5.41 Å². The number of fused-ring (bicyclic) bond motifs is 1. The minimum atomic E-state index is 0.0682. The molecule has 3 aromatic rings. The summed E-state index contributed by atoms with van der Waals surface area (Å²) < 4.78 is 0. The van der Waals surface area contributed by atoms with E-state index in [0.29, 0.717) is 5.02 Å². The van der Waals surface area contributed by atoms with Crippen LogP contribution in [0.2, 0.25) is 5.02 Å². The third kappa shape index (κ3) is 2.73. The first-order chi connectivity index (χ1) is 10.2. The summed E-state index contributed by atoms with van der Waals surface area (Å²) in [4.78, 5) is 5.34. The number of aromatic nitrogens is 1. The highest BCUT2D eigenvalue weighted by Gasteiger charge is 2.10. The Kier molecular flexibility index (Phi) is 3.82. The molecule has 3 N–H and O–H groups in total. The van der Waals surface area contributed by atoms with Crippen LogP contribution in [0.1, 0.15) is 5.56 Å². The molecule has 104 valence electrons. The summed E-state index contributed by atoms with van der Waals surface area (Å²) in [6.45, 7) is 0. The summed E-state index contributed by atoms with van der Waals surface area (Å²) in [6.07, 6.45) is 1.72. The van der Waals surface area contributed by atoms with Crippen LogP contribution in [0.25, 0.3) is 10.8 Å². The number of amidine groups is 1. The van der Waals surface area contributed by atoms with Crippen LogP contribution in [-0.4, -0.2) is 10.8 Å². The lowest BCUT2D eigenvalue weighted by Gasteiger charge is -2.10. The molecule has 0 aliphatic carbocycles. The van der Waals surface area contributed by atoms with Gasteiger partial charge in [0.1, 0.15) is 10.9 Å². The topological polar surface area (TPSA) is 62.8 Å². The minimum Gasteiger partial charge on any atom is -0.384 e. The normalized spacial score (nSPS) is 10.7. The maximum Gasteiger partial charge on any atom is 0.123 e. The summed E-state index contributed by atoms with van der Waals surface area (Å²) in [7, 11) is 0. The van der Waals surface area contributed by atoms with Crippen LogP contribution in [-0.2, 0) is 0 Å². The Morgan fingerprint density at radius 1 is 1.05 bits per heavy atom.